The molecule has 2 heterocycles. The summed E-state index contributed by atoms with van der Waals surface area (Å²) in [5, 5.41) is 17.5. The molecule has 0 unspecified atom stereocenters. The lowest BCUT2D eigenvalue weighted by Crippen LogP contribution is -2.29. The Hall–Kier alpha value is -1.88. The van der Waals surface area contributed by atoms with E-state index < -0.39 is 0 Å². The summed E-state index contributed by atoms with van der Waals surface area (Å²) in [6.45, 7) is 4.29. The van der Waals surface area contributed by atoms with Gasteiger partial charge in [0, 0.05) is 18.8 Å². The first kappa shape index (κ1) is 14.1. The Kier molecular flexibility index (Phi) is 4.20. The maximum Gasteiger partial charge on any atom is 0.112 e. The molecule has 1 aliphatic rings. The molecule has 0 amide bonds. The van der Waals surface area contributed by atoms with E-state index in [2.05, 4.69) is 46.4 Å². The molecule has 5 heteroatoms. The average Bonchev–Trinajstić information content (AvgIpc) is 2.99. The molecule has 1 aromatic heterocycles. The zero-order valence-corrected chi connectivity index (χ0v) is 12.5. The number of aliphatic hydroxyl groups excluding tert-OH is 1. The summed E-state index contributed by atoms with van der Waals surface area (Å²) in [7, 11) is 0. The largest absolute Gasteiger partial charge is 0.390 e. The molecular weight excluding hydrogens is 264 g/mol. The second-order valence-corrected chi connectivity index (χ2v) is 5.47. The lowest BCUT2D eigenvalue weighted by atomic mass is 10.1. The second-order valence-electron chi connectivity index (χ2n) is 5.47. The molecule has 0 atom stereocenters. The van der Waals surface area contributed by atoms with Crippen molar-refractivity contribution in [1.29, 1.82) is 0 Å². The molecule has 0 radical (unpaired) electrons. The van der Waals surface area contributed by atoms with Gasteiger partial charge in [-0.25, -0.2) is 4.68 Å². The van der Waals surface area contributed by atoms with E-state index in [4.69, 9.17) is 0 Å². The fourth-order valence-electron chi connectivity index (χ4n) is 2.97. The van der Waals surface area contributed by atoms with Crippen molar-refractivity contribution in [1.82, 2.24) is 15.0 Å². The first-order valence-corrected chi connectivity index (χ1v) is 7.73. The molecule has 1 fully saturated rings. The lowest BCUT2D eigenvalue weighted by molar-refractivity contribution is 0.275. The normalized spacial score (nSPS) is 15.4. The van der Waals surface area contributed by atoms with Crippen LogP contribution in [0.2, 0.25) is 0 Å². The van der Waals surface area contributed by atoms with E-state index in [1.54, 1.807) is 0 Å². The van der Waals surface area contributed by atoms with Crippen LogP contribution in [-0.4, -0.2) is 33.2 Å². The van der Waals surface area contributed by atoms with Crippen LogP contribution in [-0.2, 0) is 13.0 Å². The fraction of sp³-hybridized carbons (Fsp3) is 0.500. The van der Waals surface area contributed by atoms with Crippen molar-refractivity contribution in [2.75, 3.05) is 18.0 Å². The molecule has 0 saturated carbocycles. The van der Waals surface area contributed by atoms with E-state index in [-0.39, 0.29) is 6.61 Å². The summed E-state index contributed by atoms with van der Waals surface area (Å²) >= 11 is 0. The van der Waals surface area contributed by atoms with Gasteiger partial charge in [-0.05, 0) is 49.9 Å². The number of piperidine rings is 1. The Balaban J connectivity index is 1.85. The third-order valence-electron chi connectivity index (χ3n) is 4.14. The Labute approximate surface area is 125 Å². The van der Waals surface area contributed by atoms with Crippen molar-refractivity contribution in [3.8, 4) is 5.69 Å². The van der Waals surface area contributed by atoms with Gasteiger partial charge in [0.15, 0.2) is 0 Å². The highest BCUT2D eigenvalue weighted by Crippen LogP contribution is 2.22. The minimum Gasteiger partial charge on any atom is -0.390 e. The maximum absolute atomic E-state index is 9.30. The molecule has 1 saturated heterocycles. The topological polar surface area (TPSA) is 54.2 Å². The van der Waals surface area contributed by atoms with Crippen molar-refractivity contribution in [3.63, 3.8) is 0 Å². The first-order valence-electron chi connectivity index (χ1n) is 7.73. The van der Waals surface area contributed by atoms with Crippen LogP contribution in [0.1, 0.15) is 37.6 Å². The van der Waals surface area contributed by atoms with Crippen LogP contribution in [0.25, 0.3) is 5.69 Å². The van der Waals surface area contributed by atoms with Crippen molar-refractivity contribution < 1.29 is 5.11 Å². The highest BCUT2D eigenvalue weighted by molar-refractivity contribution is 5.51. The van der Waals surface area contributed by atoms with E-state index in [0.29, 0.717) is 5.69 Å². The standard InChI is InChI=1S/C16H22N4O/c1-2-16-15(12-21)17-18-20(16)14-8-6-13(7-9-14)19-10-4-3-5-11-19/h6-9,21H,2-5,10-12H2,1H3. The number of hydrogen-bond donors (Lipinski definition) is 1. The van der Waals surface area contributed by atoms with Crippen LogP contribution in [0.4, 0.5) is 5.69 Å². The number of rotatable bonds is 4. The van der Waals surface area contributed by atoms with Gasteiger partial charge in [0.25, 0.3) is 0 Å². The van der Waals surface area contributed by atoms with Crippen LogP contribution < -0.4 is 4.90 Å². The van der Waals surface area contributed by atoms with Crippen LogP contribution in [0.5, 0.6) is 0 Å². The zero-order chi connectivity index (χ0) is 14.7. The van der Waals surface area contributed by atoms with Gasteiger partial charge in [0.1, 0.15) is 5.69 Å². The van der Waals surface area contributed by atoms with E-state index in [1.807, 2.05) is 4.68 Å². The van der Waals surface area contributed by atoms with Crippen molar-refractivity contribution in [2.45, 2.75) is 39.2 Å². The second kappa shape index (κ2) is 6.26. The average molecular weight is 286 g/mol. The molecule has 1 aliphatic heterocycles. The molecule has 0 spiro atoms. The molecule has 1 N–H and O–H groups in total. The van der Waals surface area contributed by atoms with Gasteiger partial charge in [-0.3, -0.25) is 0 Å². The van der Waals surface area contributed by atoms with Crippen LogP contribution >= 0.6 is 0 Å². The molecule has 0 bridgehead atoms. The highest BCUT2D eigenvalue weighted by atomic mass is 16.3. The van der Waals surface area contributed by atoms with Crippen LogP contribution in [0.3, 0.4) is 0 Å². The van der Waals surface area contributed by atoms with E-state index >= 15 is 0 Å². The minimum atomic E-state index is -0.0605. The summed E-state index contributed by atoms with van der Waals surface area (Å²) < 4.78 is 1.82. The van der Waals surface area contributed by atoms with E-state index in [9.17, 15) is 5.11 Å². The summed E-state index contributed by atoms with van der Waals surface area (Å²) in [5.74, 6) is 0. The number of hydrogen-bond acceptors (Lipinski definition) is 4. The lowest BCUT2D eigenvalue weighted by Gasteiger charge is -2.28. The Bertz CT molecular complexity index is 585. The highest BCUT2D eigenvalue weighted by Gasteiger charge is 2.13. The van der Waals surface area contributed by atoms with Crippen molar-refractivity contribution >= 4 is 5.69 Å². The summed E-state index contributed by atoms with van der Waals surface area (Å²) in [6, 6.07) is 8.47. The minimum absolute atomic E-state index is 0.0605. The Morgan fingerprint density at radius 2 is 1.71 bits per heavy atom. The Morgan fingerprint density at radius 3 is 2.33 bits per heavy atom. The maximum atomic E-state index is 9.30. The number of aliphatic hydroxyl groups is 1. The van der Waals surface area contributed by atoms with Gasteiger partial charge >= 0.3 is 0 Å². The molecular formula is C16H22N4O. The summed E-state index contributed by atoms with van der Waals surface area (Å²) in [6.07, 6.45) is 4.71. The smallest absolute Gasteiger partial charge is 0.112 e. The van der Waals surface area contributed by atoms with Gasteiger partial charge in [0.05, 0.1) is 18.0 Å². The number of aromatic nitrogens is 3. The van der Waals surface area contributed by atoms with Gasteiger partial charge in [-0.1, -0.05) is 12.1 Å². The molecule has 2 aromatic rings. The SMILES string of the molecule is CCc1c(CO)nnn1-c1ccc(N2CCCCC2)cc1. The fourth-order valence-corrected chi connectivity index (χ4v) is 2.97. The monoisotopic (exact) mass is 286 g/mol. The van der Waals surface area contributed by atoms with Crippen molar-refractivity contribution in [2.24, 2.45) is 0 Å². The number of benzene rings is 1. The molecule has 0 aliphatic carbocycles. The van der Waals surface area contributed by atoms with E-state index in [1.165, 1.54) is 24.9 Å². The van der Waals surface area contributed by atoms with Gasteiger partial charge in [-0.15, -0.1) is 5.10 Å². The van der Waals surface area contributed by atoms with Gasteiger partial charge in [-0.2, -0.15) is 0 Å². The summed E-state index contributed by atoms with van der Waals surface area (Å²) in [4.78, 5) is 2.44. The summed E-state index contributed by atoms with van der Waals surface area (Å²) in [5.41, 5.74) is 3.92. The first-order chi connectivity index (χ1) is 10.3. The predicted octanol–water partition coefficient (Wildman–Crippen LogP) is 2.31. The third kappa shape index (κ3) is 2.78. The van der Waals surface area contributed by atoms with E-state index in [0.717, 1.165) is 30.9 Å². The predicted molar refractivity (Wildman–Crippen MR) is 82.7 cm³/mol. The molecule has 1 aromatic carbocycles. The molecule has 21 heavy (non-hydrogen) atoms. The quantitative estimate of drug-likeness (QED) is 0.937. The zero-order valence-electron chi connectivity index (χ0n) is 12.5. The molecule has 3 rings (SSSR count). The van der Waals surface area contributed by atoms with Gasteiger partial charge < -0.3 is 10.0 Å². The van der Waals surface area contributed by atoms with Crippen molar-refractivity contribution in [3.05, 3.63) is 35.7 Å². The van der Waals surface area contributed by atoms with Crippen LogP contribution in [0, 0.1) is 0 Å². The Morgan fingerprint density at radius 1 is 1.05 bits per heavy atom. The molecule has 5 nitrogen and oxygen atoms in total. The van der Waals surface area contributed by atoms with Gasteiger partial charge in [0.2, 0.25) is 0 Å². The number of anilines is 1. The molecule has 112 valence electrons. The van der Waals surface area contributed by atoms with Crippen LogP contribution in [0.15, 0.2) is 24.3 Å². The third-order valence-corrected chi connectivity index (χ3v) is 4.14. The number of nitrogens with zero attached hydrogens (tertiary/aromatic N) is 4.